The molecule has 0 amide bonds. The molecule has 1 aliphatic carbocycles. The molecule has 0 saturated heterocycles. The van der Waals surface area contributed by atoms with E-state index in [4.69, 9.17) is 0 Å². The zero-order chi connectivity index (χ0) is 11.8. The summed E-state index contributed by atoms with van der Waals surface area (Å²) in [5.41, 5.74) is 0.129. The molecule has 1 nitrogen and oxygen atoms in total. The van der Waals surface area contributed by atoms with Crippen LogP contribution in [0.25, 0.3) is 0 Å². The summed E-state index contributed by atoms with van der Waals surface area (Å²) in [4.78, 5) is 11.7. The first-order chi connectivity index (χ1) is 7.50. The highest BCUT2D eigenvalue weighted by atomic mass is 19.4. The first-order valence-electron chi connectivity index (χ1n) is 5.00. The Morgan fingerprint density at radius 1 is 1.12 bits per heavy atom. The minimum atomic E-state index is -4.46. The van der Waals surface area contributed by atoms with Crippen molar-refractivity contribution in [1.29, 1.82) is 0 Å². The summed E-state index contributed by atoms with van der Waals surface area (Å²) in [6.45, 7) is 0. The average Bonchev–Trinajstić information content (AvgIpc) is 3.01. The molecule has 2 rings (SSSR count). The van der Waals surface area contributed by atoms with Crippen LogP contribution in [0.3, 0.4) is 0 Å². The molecular weight excluding hydrogens is 217 g/mol. The molecule has 0 spiro atoms. The maximum absolute atomic E-state index is 12.7. The lowest BCUT2D eigenvalue weighted by Gasteiger charge is -2.18. The summed E-state index contributed by atoms with van der Waals surface area (Å²) >= 11 is 0. The fourth-order valence-corrected chi connectivity index (χ4v) is 1.70. The Bertz CT molecular complexity index is 379. The van der Waals surface area contributed by atoms with Crippen molar-refractivity contribution in [3.8, 4) is 0 Å². The van der Waals surface area contributed by atoms with Gasteiger partial charge in [0.05, 0.1) is 0 Å². The second-order valence-electron chi connectivity index (χ2n) is 3.86. The number of Topliss-reactive ketones (excluding diaryl/α,β-unsaturated/α-hetero) is 1. The summed E-state index contributed by atoms with van der Waals surface area (Å²) in [5, 5.41) is 0. The molecule has 1 aromatic rings. The zero-order valence-corrected chi connectivity index (χ0v) is 8.42. The highest BCUT2D eigenvalue weighted by molar-refractivity contribution is 6.00. The van der Waals surface area contributed by atoms with Gasteiger partial charge in [0.15, 0.2) is 5.78 Å². The van der Waals surface area contributed by atoms with E-state index in [1.807, 2.05) is 0 Å². The smallest absolute Gasteiger partial charge is 0.293 e. The van der Waals surface area contributed by atoms with Crippen LogP contribution in [-0.4, -0.2) is 12.0 Å². The van der Waals surface area contributed by atoms with E-state index in [1.165, 1.54) is 12.1 Å². The third-order valence-electron chi connectivity index (χ3n) is 2.59. The molecule has 16 heavy (non-hydrogen) atoms. The van der Waals surface area contributed by atoms with E-state index in [1.54, 1.807) is 18.2 Å². The molecule has 0 aliphatic heterocycles. The largest absolute Gasteiger partial charge is 0.399 e. The van der Waals surface area contributed by atoms with E-state index in [9.17, 15) is 18.0 Å². The quantitative estimate of drug-likeness (QED) is 0.723. The number of ketones is 1. The Morgan fingerprint density at radius 3 is 2.12 bits per heavy atom. The van der Waals surface area contributed by atoms with Crippen molar-refractivity contribution < 1.29 is 18.0 Å². The minimum Gasteiger partial charge on any atom is -0.293 e. The molecule has 1 unspecified atom stereocenters. The first-order valence-corrected chi connectivity index (χ1v) is 5.00. The van der Waals surface area contributed by atoms with E-state index >= 15 is 0 Å². The van der Waals surface area contributed by atoms with Crippen LogP contribution in [-0.2, 0) is 0 Å². The van der Waals surface area contributed by atoms with Crippen molar-refractivity contribution in [3.63, 3.8) is 0 Å². The van der Waals surface area contributed by atoms with Gasteiger partial charge < -0.3 is 0 Å². The zero-order valence-electron chi connectivity index (χ0n) is 8.42. The Balaban J connectivity index is 2.25. The van der Waals surface area contributed by atoms with Crippen molar-refractivity contribution in [2.45, 2.75) is 19.0 Å². The van der Waals surface area contributed by atoms with Gasteiger partial charge in [-0.25, -0.2) is 0 Å². The molecule has 1 radical (unpaired) electrons. The molecule has 0 bridgehead atoms. The second kappa shape index (κ2) is 3.92. The number of hydrogen-bond acceptors (Lipinski definition) is 1. The van der Waals surface area contributed by atoms with E-state index in [2.05, 4.69) is 0 Å². The lowest BCUT2D eigenvalue weighted by Crippen LogP contribution is -2.31. The van der Waals surface area contributed by atoms with Crippen LogP contribution in [0.1, 0.15) is 23.2 Å². The second-order valence-corrected chi connectivity index (χ2v) is 3.86. The Labute approximate surface area is 91.3 Å². The van der Waals surface area contributed by atoms with Gasteiger partial charge in [-0.05, 0) is 18.8 Å². The summed E-state index contributed by atoms with van der Waals surface area (Å²) in [6.07, 6.45) is -3.62. The van der Waals surface area contributed by atoms with E-state index in [-0.39, 0.29) is 5.56 Å². The van der Waals surface area contributed by atoms with Crippen LogP contribution in [0.5, 0.6) is 0 Å². The fourth-order valence-electron chi connectivity index (χ4n) is 1.70. The molecule has 0 aromatic heterocycles. The predicted molar refractivity (Wildman–Crippen MR) is 52.8 cm³/mol. The van der Waals surface area contributed by atoms with Crippen LogP contribution >= 0.6 is 0 Å². The number of carbonyl (C=O) groups excluding carboxylic acids is 1. The molecule has 1 saturated carbocycles. The van der Waals surface area contributed by atoms with E-state index < -0.39 is 17.9 Å². The molecule has 0 N–H and O–H groups in total. The van der Waals surface area contributed by atoms with Crippen LogP contribution in [0.2, 0.25) is 0 Å². The maximum atomic E-state index is 12.7. The predicted octanol–water partition coefficient (Wildman–Crippen LogP) is 3.42. The van der Waals surface area contributed by atoms with Crippen LogP contribution in [0.4, 0.5) is 13.2 Å². The standard InChI is InChI=1S/C12H10F3O/c13-12(14,15)10(8-6-7-8)11(16)9-4-2-1-3-5-9/h1-5,10H,6-7H2. The number of benzene rings is 1. The highest BCUT2D eigenvalue weighted by Crippen LogP contribution is 2.48. The summed E-state index contributed by atoms with van der Waals surface area (Å²) in [7, 11) is 0. The Hall–Kier alpha value is -1.32. The van der Waals surface area contributed by atoms with Gasteiger partial charge in [0.1, 0.15) is 5.92 Å². The van der Waals surface area contributed by atoms with Crippen molar-refractivity contribution in [2.24, 2.45) is 5.92 Å². The molecular formula is C12H10F3O. The summed E-state index contributed by atoms with van der Waals surface area (Å²) in [6, 6.07) is 7.65. The fraction of sp³-hybridized carbons (Fsp3) is 0.333. The third kappa shape index (κ3) is 2.26. The third-order valence-corrected chi connectivity index (χ3v) is 2.59. The van der Waals surface area contributed by atoms with Crippen molar-refractivity contribution in [1.82, 2.24) is 0 Å². The summed E-state index contributed by atoms with van der Waals surface area (Å²) < 4.78 is 38.1. The monoisotopic (exact) mass is 227 g/mol. The van der Waals surface area contributed by atoms with E-state index in [0.29, 0.717) is 18.8 Å². The SMILES string of the molecule is O=C(c1ccccc1)C([C]1CC1)C(F)(F)F. The number of halogens is 3. The highest BCUT2D eigenvalue weighted by Gasteiger charge is 2.53. The number of alkyl halides is 3. The van der Waals surface area contributed by atoms with Crippen molar-refractivity contribution in [2.75, 3.05) is 0 Å². The first kappa shape index (κ1) is 11.2. The van der Waals surface area contributed by atoms with Gasteiger partial charge >= 0.3 is 6.18 Å². The van der Waals surface area contributed by atoms with Gasteiger partial charge in [-0.3, -0.25) is 4.79 Å². The Kier molecular flexibility index (Phi) is 2.74. The lowest BCUT2D eigenvalue weighted by atomic mass is 9.93. The van der Waals surface area contributed by atoms with Gasteiger partial charge in [0.2, 0.25) is 0 Å². The Morgan fingerprint density at radius 2 is 1.69 bits per heavy atom. The molecule has 1 fully saturated rings. The molecule has 1 aromatic carbocycles. The van der Waals surface area contributed by atoms with Gasteiger partial charge in [-0.2, -0.15) is 13.2 Å². The molecule has 4 heteroatoms. The topological polar surface area (TPSA) is 17.1 Å². The van der Waals surface area contributed by atoms with E-state index in [0.717, 1.165) is 0 Å². The molecule has 85 valence electrons. The average molecular weight is 227 g/mol. The normalized spacial score (nSPS) is 18.2. The van der Waals surface area contributed by atoms with Gasteiger partial charge in [-0.1, -0.05) is 30.3 Å². The molecule has 1 aliphatic rings. The summed E-state index contributed by atoms with van der Waals surface area (Å²) in [5.74, 6) is -2.42. The molecule has 1 atom stereocenters. The number of carbonyl (C=O) groups is 1. The van der Waals surface area contributed by atoms with Crippen LogP contribution < -0.4 is 0 Å². The molecule has 0 heterocycles. The number of hydrogen-bond donors (Lipinski definition) is 0. The van der Waals surface area contributed by atoms with Gasteiger partial charge in [0, 0.05) is 5.56 Å². The minimum absolute atomic E-state index is 0.129. The van der Waals surface area contributed by atoms with Gasteiger partial charge in [0.25, 0.3) is 0 Å². The van der Waals surface area contributed by atoms with Crippen LogP contribution in [0, 0.1) is 11.8 Å². The van der Waals surface area contributed by atoms with Crippen LogP contribution in [0.15, 0.2) is 30.3 Å². The number of rotatable bonds is 3. The van der Waals surface area contributed by atoms with Crippen molar-refractivity contribution in [3.05, 3.63) is 41.8 Å². The lowest BCUT2D eigenvalue weighted by molar-refractivity contribution is -0.153. The van der Waals surface area contributed by atoms with Crippen molar-refractivity contribution >= 4 is 5.78 Å². The van der Waals surface area contributed by atoms with Gasteiger partial charge in [-0.15, -0.1) is 0 Å². The maximum Gasteiger partial charge on any atom is 0.399 e.